The lowest BCUT2D eigenvalue weighted by molar-refractivity contribution is 0.0696. The van der Waals surface area contributed by atoms with E-state index in [1.54, 1.807) is 12.3 Å². The molecule has 0 spiro atoms. The second kappa shape index (κ2) is 4.42. The normalized spacial score (nSPS) is 10.2. The number of nitrogens with zero attached hydrogens (tertiary/aromatic N) is 3. The molecule has 0 amide bonds. The largest absolute Gasteiger partial charge is 0.480 e. The molecule has 2 heterocycles. The van der Waals surface area contributed by atoms with Crippen LogP contribution in [0, 0.1) is 0 Å². The van der Waals surface area contributed by atoms with Gasteiger partial charge >= 0.3 is 5.97 Å². The Morgan fingerprint density at radius 2 is 2.24 bits per heavy atom. The van der Waals surface area contributed by atoms with Crippen molar-refractivity contribution in [1.82, 2.24) is 14.8 Å². The number of hydrogen-bond donors (Lipinski definition) is 1. The number of hydrogen-bond acceptors (Lipinski definition) is 4. The standard InChI is InChI=1S/C10H8ClN3O3/c1-17-8-4-5-14(13-8)7-3-2-6(10(15)16)9(11)12-7/h2-5H,1H3,(H,15,16). The van der Waals surface area contributed by atoms with Crippen LogP contribution in [0.15, 0.2) is 24.4 Å². The van der Waals surface area contributed by atoms with Gasteiger partial charge in [0.2, 0.25) is 5.88 Å². The van der Waals surface area contributed by atoms with Gasteiger partial charge in [-0.2, -0.15) is 0 Å². The third-order valence-corrected chi connectivity index (χ3v) is 2.36. The highest BCUT2D eigenvalue weighted by Gasteiger charge is 2.11. The molecule has 0 bridgehead atoms. The summed E-state index contributed by atoms with van der Waals surface area (Å²) in [7, 11) is 1.50. The lowest BCUT2D eigenvalue weighted by Crippen LogP contribution is -2.03. The molecule has 0 aliphatic carbocycles. The minimum absolute atomic E-state index is 0.0467. The maximum absolute atomic E-state index is 10.8. The second-order valence-corrected chi connectivity index (χ2v) is 3.47. The number of carboxylic acid groups (broad SMARTS) is 1. The average molecular weight is 254 g/mol. The van der Waals surface area contributed by atoms with Gasteiger partial charge in [0.25, 0.3) is 0 Å². The number of aromatic nitrogens is 3. The molecule has 1 N–H and O–H groups in total. The van der Waals surface area contributed by atoms with Gasteiger partial charge in [-0.15, -0.1) is 5.10 Å². The lowest BCUT2D eigenvalue weighted by atomic mass is 10.3. The van der Waals surface area contributed by atoms with Crippen molar-refractivity contribution in [3.8, 4) is 11.7 Å². The third-order valence-electron chi connectivity index (χ3n) is 2.07. The SMILES string of the molecule is COc1ccn(-c2ccc(C(=O)O)c(Cl)n2)n1. The predicted octanol–water partition coefficient (Wildman–Crippen LogP) is 1.63. The van der Waals surface area contributed by atoms with Crippen molar-refractivity contribution in [1.29, 1.82) is 0 Å². The first-order chi connectivity index (χ1) is 8.11. The molecule has 0 saturated carbocycles. The van der Waals surface area contributed by atoms with Crippen molar-refractivity contribution < 1.29 is 14.6 Å². The van der Waals surface area contributed by atoms with E-state index in [4.69, 9.17) is 21.4 Å². The van der Waals surface area contributed by atoms with Crippen molar-refractivity contribution in [3.63, 3.8) is 0 Å². The average Bonchev–Trinajstić information content (AvgIpc) is 2.76. The number of rotatable bonds is 3. The maximum Gasteiger partial charge on any atom is 0.338 e. The third kappa shape index (κ3) is 2.21. The van der Waals surface area contributed by atoms with Gasteiger partial charge in [-0.3, -0.25) is 0 Å². The van der Waals surface area contributed by atoms with Crippen LogP contribution >= 0.6 is 11.6 Å². The molecular weight excluding hydrogens is 246 g/mol. The maximum atomic E-state index is 10.8. The van der Waals surface area contributed by atoms with E-state index in [0.717, 1.165) is 0 Å². The molecule has 0 unspecified atom stereocenters. The van der Waals surface area contributed by atoms with Crippen LogP contribution in [0.1, 0.15) is 10.4 Å². The molecule has 2 rings (SSSR count). The van der Waals surface area contributed by atoms with E-state index in [2.05, 4.69) is 10.1 Å². The number of ether oxygens (including phenoxy) is 1. The summed E-state index contributed by atoms with van der Waals surface area (Å²) in [5.41, 5.74) is -0.0467. The number of carboxylic acids is 1. The van der Waals surface area contributed by atoms with Crippen molar-refractivity contribution in [2.75, 3.05) is 7.11 Å². The van der Waals surface area contributed by atoms with Gasteiger partial charge in [-0.1, -0.05) is 11.6 Å². The van der Waals surface area contributed by atoms with E-state index >= 15 is 0 Å². The molecule has 2 aromatic heterocycles. The minimum atomic E-state index is -1.12. The smallest absolute Gasteiger partial charge is 0.338 e. The van der Waals surface area contributed by atoms with Gasteiger partial charge in [-0.25, -0.2) is 14.5 Å². The van der Waals surface area contributed by atoms with Crippen molar-refractivity contribution in [2.24, 2.45) is 0 Å². The number of methoxy groups -OCH3 is 1. The number of aromatic carboxylic acids is 1. The van der Waals surface area contributed by atoms with Crippen LogP contribution in [-0.4, -0.2) is 33.0 Å². The molecule has 7 heteroatoms. The Morgan fingerprint density at radius 1 is 1.47 bits per heavy atom. The Bertz CT molecular complexity index is 568. The van der Waals surface area contributed by atoms with Gasteiger partial charge in [-0.05, 0) is 12.1 Å². The van der Waals surface area contributed by atoms with Crippen LogP contribution in [0.3, 0.4) is 0 Å². The highest BCUT2D eigenvalue weighted by atomic mass is 35.5. The fourth-order valence-corrected chi connectivity index (χ4v) is 1.49. The number of carbonyl (C=O) groups is 1. The molecule has 2 aromatic rings. The summed E-state index contributed by atoms with van der Waals surface area (Å²) in [4.78, 5) is 14.7. The summed E-state index contributed by atoms with van der Waals surface area (Å²) in [6, 6.07) is 4.55. The van der Waals surface area contributed by atoms with Crippen LogP contribution in [0.25, 0.3) is 5.82 Å². The Morgan fingerprint density at radius 3 is 2.76 bits per heavy atom. The second-order valence-electron chi connectivity index (χ2n) is 3.12. The van der Waals surface area contributed by atoms with E-state index in [9.17, 15) is 4.79 Å². The molecule has 6 nitrogen and oxygen atoms in total. The Balaban J connectivity index is 2.40. The lowest BCUT2D eigenvalue weighted by Gasteiger charge is -2.02. The number of pyridine rings is 1. The molecule has 0 fully saturated rings. The molecule has 0 saturated heterocycles. The fraction of sp³-hybridized carbons (Fsp3) is 0.100. The zero-order chi connectivity index (χ0) is 12.4. The quantitative estimate of drug-likeness (QED) is 0.841. The van der Waals surface area contributed by atoms with Crippen molar-refractivity contribution >= 4 is 17.6 Å². The molecule has 0 aliphatic heterocycles. The van der Waals surface area contributed by atoms with Crippen molar-refractivity contribution in [3.05, 3.63) is 35.1 Å². The van der Waals surface area contributed by atoms with E-state index in [1.165, 1.54) is 23.9 Å². The first-order valence-corrected chi connectivity index (χ1v) is 4.99. The van der Waals surface area contributed by atoms with Gasteiger partial charge in [0.1, 0.15) is 5.15 Å². The van der Waals surface area contributed by atoms with E-state index in [-0.39, 0.29) is 10.7 Å². The first-order valence-electron chi connectivity index (χ1n) is 4.61. The van der Waals surface area contributed by atoms with Gasteiger partial charge in [0.15, 0.2) is 5.82 Å². The van der Waals surface area contributed by atoms with Gasteiger partial charge < -0.3 is 9.84 Å². The predicted molar refractivity (Wildman–Crippen MR) is 59.9 cm³/mol. The highest BCUT2D eigenvalue weighted by Crippen LogP contribution is 2.17. The first kappa shape index (κ1) is 11.4. The molecule has 0 aromatic carbocycles. The highest BCUT2D eigenvalue weighted by molar-refractivity contribution is 6.32. The van der Waals surface area contributed by atoms with Crippen LogP contribution in [0.5, 0.6) is 5.88 Å². The summed E-state index contributed by atoms with van der Waals surface area (Å²) in [6.07, 6.45) is 1.64. The summed E-state index contributed by atoms with van der Waals surface area (Å²) in [6.45, 7) is 0. The van der Waals surface area contributed by atoms with Crippen LogP contribution < -0.4 is 4.74 Å². The minimum Gasteiger partial charge on any atom is -0.480 e. The number of halogens is 1. The summed E-state index contributed by atoms with van der Waals surface area (Å²) >= 11 is 5.75. The van der Waals surface area contributed by atoms with Gasteiger partial charge in [0, 0.05) is 12.3 Å². The molecule has 0 atom stereocenters. The van der Waals surface area contributed by atoms with Crippen molar-refractivity contribution in [2.45, 2.75) is 0 Å². The summed E-state index contributed by atoms with van der Waals surface area (Å²) < 4.78 is 6.36. The zero-order valence-corrected chi connectivity index (χ0v) is 9.55. The molecule has 17 heavy (non-hydrogen) atoms. The molecule has 88 valence electrons. The fourth-order valence-electron chi connectivity index (χ4n) is 1.26. The Kier molecular flexibility index (Phi) is 2.97. The van der Waals surface area contributed by atoms with Crippen LogP contribution in [0.2, 0.25) is 5.15 Å². The zero-order valence-electron chi connectivity index (χ0n) is 8.79. The monoisotopic (exact) mass is 253 g/mol. The van der Waals surface area contributed by atoms with Gasteiger partial charge in [0.05, 0.1) is 12.7 Å². The van der Waals surface area contributed by atoms with Crippen LogP contribution in [0.4, 0.5) is 0 Å². The van der Waals surface area contributed by atoms with E-state index in [0.29, 0.717) is 11.7 Å². The summed E-state index contributed by atoms with van der Waals surface area (Å²) in [5.74, 6) is -0.263. The molecule has 0 aliphatic rings. The van der Waals surface area contributed by atoms with Crippen LogP contribution in [-0.2, 0) is 0 Å². The topological polar surface area (TPSA) is 77.2 Å². The van der Waals surface area contributed by atoms with E-state index < -0.39 is 5.97 Å². The summed E-state index contributed by atoms with van der Waals surface area (Å²) in [5, 5.41) is 12.8. The van der Waals surface area contributed by atoms with E-state index in [1.807, 2.05) is 0 Å². The Hall–Kier alpha value is -2.08. The molecular formula is C10H8ClN3O3. The molecule has 0 radical (unpaired) electrons. The Labute approximate surface area is 101 Å².